The van der Waals surface area contributed by atoms with Crippen LogP contribution < -0.4 is 0 Å². The molecule has 2 aliphatic rings. The first kappa shape index (κ1) is 17.7. The van der Waals surface area contributed by atoms with E-state index in [1.165, 1.54) is 19.3 Å². The van der Waals surface area contributed by atoms with Crippen molar-refractivity contribution < 1.29 is 19.0 Å². The smallest absolute Gasteiger partial charge is 0.313 e. The van der Waals surface area contributed by atoms with E-state index in [2.05, 4.69) is 20.8 Å². The van der Waals surface area contributed by atoms with Gasteiger partial charge in [0.15, 0.2) is 6.79 Å². The minimum Gasteiger partial charge on any atom is -0.438 e. The van der Waals surface area contributed by atoms with E-state index in [9.17, 15) is 4.79 Å². The fourth-order valence-corrected chi connectivity index (χ4v) is 3.84. The third kappa shape index (κ3) is 4.23. The highest BCUT2D eigenvalue weighted by atomic mass is 16.7. The van der Waals surface area contributed by atoms with Gasteiger partial charge in [-0.25, -0.2) is 0 Å². The zero-order valence-electron chi connectivity index (χ0n) is 14.4. The van der Waals surface area contributed by atoms with Gasteiger partial charge in [-0.05, 0) is 38.5 Å². The lowest BCUT2D eigenvalue weighted by atomic mass is 9.83. The molecule has 1 saturated heterocycles. The van der Waals surface area contributed by atoms with Gasteiger partial charge in [-0.2, -0.15) is 0 Å². The van der Waals surface area contributed by atoms with Gasteiger partial charge in [0.2, 0.25) is 0 Å². The van der Waals surface area contributed by atoms with E-state index in [0.29, 0.717) is 0 Å². The molecule has 1 aliphatic carbocycles. The van der Waals surface area contributed by atoms with E-state index in [1.807, 2.05) is 0 Å². The molecule has 0 aromatic carbocycles. The third-order valence-electron chi connectivity index (χ3n) is 5.47. The summed E-state index contributed by atoms with van der Waals surface area (Å²) in [5.41, 5.74) is -0.0686. The molecule has 0 radical (unpaired) electrons. The molecule has 3 unspecified atom stereocenters. The van der Waals surface area contributed by atoms with Crippen molar-refractivity contribution in [2.75, 3.05) is 6.79 Å². The summed E-state index contributed by atoms with van der Waals surface area (Å²) in [6.45, 7) is 6.42. The van der Waals surface area contributed by atoms with E-state index < -0.39 is 0 Å². The van der Waals surface area contributed by atoms with Gasteiger partial charge in [-0.3, -0.25) is 4.79 Å². The molecular formula is C18H32O4. The van der Waals surface area contributed by atoms with Crippen LogP contribution in [-0.2, 0) is 19.0 Å². The summed E-state index contributed by atoms with van der Waals surface area (Å²) in [5, 5.41) is 0. The molecule has 0 aromatic rings. The Morgan fingerprint density at radius 2 is 1.86 bits per heavy atom. The van der Waals surface area contributed by atoms with Crippen LogP contribution in [-0.4, -0.2) is 30.6 Å². The molecule has 2 rings (SSSR count). The second kappa shape index (κ2) is 8.30. The number of rotatable bonds is 7. The molecule has 3 atom stereocenters. The van der Waals surface area contributed by atoms with Crippen LogP contribution >= 0.6 is 0 Å². The molecule has 0 N–H and O–H groups in total. The van der Waals surface area contributed by atoms with E-state index in [1.54, 1.807) is 0 Å². The highest BCUT2D eigenvalue weighted by molar-refractivity contribution is 5.73. The van der Waals surface area contributed by atoms with Crippen molar-refractivity contribution in [3.8, 4) is 0 Å². The molecule has 0 aromatic heterocycles. The van der Waals surface area contributed by atoms with Gasteiger partial charge in [0.1, 0.15) is 0 Å². The minimum atomic E-state index is -0.148. The Morgan fingerprint density at radius 1 is 1.14 bits per heavy atom. The lowest BCUT2D eigenvalue weighted by molar-refractivity contribution is -0.184. The van der Waals surface area contributed by atoms with Gasteiger partial charge in [0.05, 0.1) is 23.7 Å². The average Bonchev–Trinajstić information content (AvgIpc) is 2.99. The monoisotopic (exact) mass is 312 g/mol. The predicted octanol–water partition coefficient (Wildman–Crippen LogP) is 4.21. The molecule has 0 spiro atoms. The Morgan fingerprint density at radius 3 is 2.45 bits per heavy atom. The van der Waals surface area contributed by atoms with Gasteiger partial charge >= 0.3 is 5.97 Å². The van der Waals surface area contributed by atoms with Crippen molar-refractivity contribution in [3.63, 3.8) is 0 Å². The number of hydrogen-bond donors (Lipinski definition) is 0. The molecule has 0 amide bonds. The fraction of sp³-hybridized carbons (Fsp3) is 0.944. The molecular weight excluding hydrogens is 280 g/mol. The third-order valence-corrected chi connectivity index (χ3v) is 5.47. The standard InChI is InChI=1S/C18H32O4/c1-4-14-12-15(16(5-2)22-14)17(19)20-13-21-18(6-3)10-8-7-9-11-18/h14-16H,4-13H2,1-3H3. The van der Waals surface area contributed by atoms with E-state index in [4.69, 9.17) is 14.2 Å². The zero-order chi connectivity index (χ0) is 16.0. The van der Waals surface area contributed by atoms with Crippen LogP contribution in [0.2, 0.25) is 0 Å². The zero-order valence-corrected chi connectivity index (χ0v) is 14.4. The molecule has 1 aliphatic heterocycles. The Labute approximate surface area is 134 Å². The van der Waals surface area contributed by atoms with Gasteiger partial charge in [0, 0.05) is 0 Å². The Bertz CT molecular complexity index is 349. The van der Waals surface area contributed by atoms with Crippen LogP contribution in [0.25, 0.3) is 0 Å². The van der Waals surface area contributed by atoms with Crippen LogP contribution in [0.1, 0.15) is 78.6 Å². The second-order valence-electron chi connectivity index (χ2n) is 6.78. The number of carbonyl (C=O) groups is 1. The quantitative estimate of drug-likeness (QED) is 0.522. The van der Waals surface area contributed by atoms with Crippen molar-refractivity contribution in [2.45, 2.75) is 96.4 Å². The molecule has 4 heteroatoms. The maximum absolute atomic E-state index is 12.3. The van der Waals surface area contributed by atoms with Gasteiger partial charge in [0.25, 0.3) is 0 Å². The van der Waals surface area contributed by atoms with E-state index in [-0.39, 0.29) is 36.5 Å². The molecule has 4 nitrogen and oxygen atoms in total. The maximum atomic E-state index is 12.3. The topological polar surface area (TPSA) is 44.8 Å². The molecule has 2 fully saturated rings. The number of hydrogen-bond acceptors (Lipinski definition) is 4. The highest BCUT2D eigenvalue weighted by Gasteiger charge is 2.39. The predicted molar refractivity (Wildman–Crippen MR) is 85.5 cm³/mol. The van der Waals surface area contributed by atoms with Gasteiger partial charge in [-0.1, -0.05) is 40.0 Å². The van der Waals surface area contributed by atoms with Crippen molar-refractivity contribution in [1.29, 1.82) is 0 Å². The van der Waals surface area contributed by atoms with Crippen LogP contribution in [0.4, 0.5) is 0 Å². The number of ether oxygens (including phenoxy) is 3. The Hall–Kier alpha value is -0.610. The van der Waals surface area contributed by atoms with Crippen LogP contribution in [0.15, 0.2) is 0 Å². The van der Waals surface area contributed by atoms with Crippen molar-refractivity contribution in [3.05, 3.63) is 0 Å². The van der Waals surface area contributed by atoms with Crippen LogP contribution in [0, 0.1) is 5.92 Å². The lowest BCUT2D eigenvalue weighted by Crippen LogP contribution is -2.36. The summed E-state index contributed by atoms with van der Waals surface area (Å²) in [7, 11) is 0. The molecule has 1 saturated carbocycles. The van der Waals surface area contributed by atoms with Crippen molar-refractivity contribution in [1.82, 2.24) is 0 Å². The largest absolute Gasteiger partial charge is 0.438 e. The van der Waals surface area contributed by atoms with E-state index in [0.717, 1.165) is 38.5 Å². The van der Waals surface area contributed by atoms with Crippen LogP contribution in [0.3, 0.4) is 0 Å². The summed E-state index contributed by atoms with van der Waals surface area (Å²) in [6.07, 6.45) is 9.69. The lowest BCUT2D eigenvalue weighted by Gasteiger charge is -2.36. The normalized spacial score (nSPS) is 31.1. The average molecular weight is 312 g/mol. The van der Waals surface area contributed by atoms with Crippen molar-refractivity contribution in [2.24, 2.45) is 5.92 Å². The highest BCUT2D eigenvalue weighted by Crippen LogP contribution is 2.35. The molecule has 1 heterocycles. The molecule has 22 heavy (non-hydrogen) atoms. The Balaban J connectivity index is 1.79. The SMILES string of the molecule is CCC1CC(C(=O)OCOC2(CC)CCCCC2)C(CC)O1. The molecule has 128 valence electrons. The van der Waals surface area contributed by atoms with Gasteiger partial charge in [-0.15, -0.1) is 0 Å². The van der Waals surface area contributed by atoms with Gasteiger partial charge < -0.3 is 14.2 Å². The first-order valence-electron chi connectivity index (χ1n) is 9.10. The first-order chi connectivity index (χ1) is 10.6. The van der Waals surface area contributed by atoms with Crippen LogP contribution in [0.5, 0.6) is 0 Å². The first-order valence-corrected chi connectivity index (χ1v) is 9.10. The summed E-state index contributed by atoms with van der Waals surface area (Å²) >= 11 is 0. The molecule has 0 bridgehead atoms. The van der Waals surface area contributed by atoms with E-state index >= 15 is 0 Å². The minimum absolute atomic E-state index is 0.00673. The number of esters is 1. The summed E-state index contributed by atoms with van der Waals surface area (Å²) in [6, 6.07) is 0. The summed E-state index contributed by atoms with van der Waals surface area (Å²) in [5.74, 6) is -0.271. The number of carbonyl (C=O) groups excluding carboxylic acids is 1. The summed E-state index contributed by atoms with van der Waals surface area (Å²) in [4.78, 5) is 12.3. The fourth-order valence-electron chi connectivity index (χ4n) is 3.84. The second-order valence-corrected chi connectivity index (χ2v) is 6.78. The summed E-state index contributed by atoms with van der Waals surface area (Å²) < 4.78 is 17.3. The maximum Gasteiger partial charge on any atom is 0.313 e. The van der Waals surface area contributed by atoms with Crippen molar-refractivity contribution >= 4 is 5.97 Å². The Kier molecular flexibility index (Phi) is 6.69.